The molecule has 2 rings (SSSR count). The lowest BCUT2D eigenvalue weighted by molar-refractivity contribution is -0.141. The molecule has 134 valence electrons. The van der Waals surface area contributed by atoms with Gasteiger partial charge < -0.3 is 15.2 Å². The van der Waals surface area contributed by atoms with Gasteiger partial charge in [-0.1, -0.05) is 25.1 Å². The van der Waals surface area contributed by atoms with Crippen molar-refractivity contribution in [2.75, 3.05) is 13.7 Å². The molecule has 0 bridgehead atoms. The zero-order chi connectivity index (χ0) is 18.2. The van der Waals surface area contributed by atoms with Gasteiger partial charge >= 0.3 is 5.97 Å². The molecule has 7 nitrogen and oxygen atoms in total. The van der Waals surface area contributed by atoms with Crippen molar-refractivity contribution in [2.45, 2.75) is 26.3 Å². The van der Waals surface area contributed by atoms with Gasteiger partial charge in [0.2, 0.25) is 0 Å². The molecular formula is C18H23N3O4. The van der Waals surface area contributed by atoms with E-state index in [1.54, 1.807) is 24.1 Å². The zero-order valence-corrected chi connectivity index (χ0v) is 14.4. The van der Waals surface area contributed by atoms with Gasteiger partial charge in [0.05, 0.1) is 24.8 Å². The SMILES string of the molecule is CCCn1cc(C(=O)NCC(Cc2ccccc2OC)C(=O)O)cn1. The number of para-hydroxylation sites is 1. The third kappa shape index (κ3) is 5.07. The smallest absolute Gasteiger partial charge is 0.308 e. The number of aliphatic carboxylic acids is 1. The third-order valence-electron chi connectivity index (χ3n) is 3.87. The summed E-state index contributed by atoms with van der Waals surface area (Å²) >= 11 is 0. The molecule has 1 unspecified atom stereocenters. The number of carbonyl (C=O) groups excluding carboxylic acids is 1. The summed E-state index contributed by atoms with van der Waals surface area (Å²) in [7, 11) is 1.55. The Morgan fingerprint density at radius 3 is 2.80 bits per heavy atom. The van der Waals surface area contributed by atoms with Gasteiger partial charge in [-0.2, -0.15) is 5.10 Å². The van der Waals surface area contributed by atoms with Crippen LogP contribution in [0, 0.1) is 5.92 Å². The molecule has 0 aliphatic carbocycles. The summed E-state index contributed by atoms with van der Waals surface area (Å²) in [6.45, 7) is 2.79. The number of carboxylic acids is 1. The number of ether oxygens (including phenoxy) is 1. The van der Waals surface area contributed by atoms with E-state index in [4.69, 9.17) is 4.74 Å². The highest BCUT2D eigenvalue weighted by molar-refractivity contribution is 5.93. The van der Waals surface area contributed by atoms with Crippen LogP contribution in [-0.4, -0.2) is 40.4 Å². The molecule has 0 saturated carbocycles. The van der Waals surface area contributed by atoms with E-state index < -0.39 is 11.9 Å². The Kier molecular flexibility index (Phi) is 6.56. The molecule has 0 aliphatic heterocycles. The monoisotopic (exact) mass is 345 g/mol. The number of amides is 1. The number of methoxy groups -OCH3 is 1. The maximum atomic E-state index is 12.2. The molecule has 7 heteroatoms. The number of carboxylic acid groups (broad SMARTS) is 1. The van der Waals surface area contributed by atoms with Crippen LogP contribution in [0.25, 0.3) is 0 Å². The standard InChI is InChI=1S/C18H23N3O4/c1-3-8-21-12-15(11-20-21)17(22)19-10-14(18(23)24)9-13-6-4-5-7-16(13)25-2/h4-7,11-12,14H,3,8-10H2,1-2H3,(H,19,22)(H,23,24). The van der Waals surface area contributed by atoms with Crippen molar-refractivity contribution in [2.24, 2.45) is 5.92 Å². The van der Waals surface area contributed by atoms with Crippen LogP contribution in [0.2, 0.25) is 0 Å². The number of hydrogen-bond acceptors (Lipinski definition) is 4. The number of nitrogens with one attached hydrogen (secondary N) is 1. The van der Waals surface area contributed by atoms with Crippen LogP contribution < -0.4 is 10.1 Å². The van der Waals surface area contributed by atoms with Crippen LogP contribution in [0.1, 0.15) is 29.3 Å². The van der Waals surface area contributed by atoms with Crippen LogP contribution in [0.5, 0.6) is 5.75 Å². The Morgan fingerprint density at radius 1 is 1.36 bits per heavy atom. The van der Waals surface area contributed by atoms with E-state index in [0.717, 1.165) is 18.5 Å². The number of nitrogens with zero attached hydrogens (tertiary/aromatic N) is 2. The normalized spacial score (nSPS) is 11.8. The maximum absolute atomic E-state index is 12.2. The molecule has 25 heavy (non-hydrogen) atoms. The minimum atomic E-state index is -0.965. The average Bonchev–Trinajstić information content (AvgIpc) is 3.07. The quantitative estimate of drug-likeness (QED) is 0.725. The minimum absolute atomic E-state index is 0.0329. The summed E-state index contributed by atoms with van der Waals surface area (Å²) in [4.78, 5) is 23.7. The lowest BCUT2D eigenvalue weighted by atomic mass is 9.98. The molecule has 0 radical (unpaired) electrons. The summed E-state index contributed by atoms with van der Waals surface area (Å²) in [5.41, 5.74) is 1.22. The van der Waals surface area contributed by atoms with Crippen molar-refractivity contribution in [1.29, 1.82) is 0 Å². The van der Waals surface area contributed by atoms with Gasteiger partial charge in [-0.15, -0.1) is 0 Å². The topological polar surface area (TPSA) is 93.5 Å². The van der Waals surface area contributed by atoms with Crippen LogP contribution in [0.3, 0.4) is 0 Å². The highest BCUT2D eigenvalue weighted by Gasteiger charge is 2.21. The zero-order valence-electron chi connectivity index (χ0n) is 14.4. The predicted octanol–water partition coefficient (Wildman–Crippen LogP) is 1.97. The average molecular weight is 345 g/mol. The van der Waals surface area contributed by atoms with Crippen molar-refractivity contribution in [3.05, 3.63) is 47.8 Å². The van der Waals surface area contributed by atoms with Crippen molar-refractivity contribution < 1.29 is 19.4 Å². The lowest BCUT2D eigenvalue weighted by Gasteiger charge is -2.15. The first-order chi connectivity index (χ1) is 12.0. The molecule has 1 aromatic carbocycles. The highest BCUT2D eigenvalue weighted by Crippen LogP contribution is 2.21. The van der Waals surface area contributed by atoms with Gasteiger partial charge in [0.1, 0.15) is 5.75 Å². The van der Waals surface area contributed by atoms with Crippen molar-refractivity contribution in [1.82, 2.24) is 15.1 Å². The summed E-state index contributed by atoms with van der Waals surface area (Å²) in [6.07, 6.45) is 4.34. The molecule has 1 atom stereocenters. The third-order valence-corrected chi connectivity index (χ3v) is 3.87. The van der Waals surface area contributed by atoms with E-state index in [1.807, 2.05) is 25.1 Å². The number of aromatic nitrogens is 2. The van der Waals surface area contributed by atoms with Crippen LogP contribution in [0.15, 0.2) is 36.7 Å². The molecule has 1 amide bonds. The fraction of sp³-hybridized carbons (Fsp3) is 0.389. The molecular weight excluding hydrogens is 322 g/mol. The summed E-state index contributed by atoms with van der Waals surface area (Å²) < 4.78 is 6.95. The Morgan fingerprint density at radius 2 is 2.12 bits per heavy atom. The molecule has 0 saturated heterocycles. The Bertz CT molecular complexity index is 727. The van der Waals surface area contributed by atoms with Crippen molar-refractivity contribution >= 4 is 11.9 Å². The van der Waals surface area contributed by atoms with Crippen molar-refractivity contribution in [3.8, 4) is 5.75 Å². The molecule has 0 spiro atoms. The fourth-order valence-electron chi connectivity index (χ4n) is 2.53. The first kappa shape index (κ1) is 18.5. The van der Waals surface area contributed by atoms with Gasteiger partial charge in [-0.05, 0) is 24.5 Å². The summed E-state index contributed by atoms with van der Waals surface area (Å²) in [6, 6.07) is 7.27. The first-order valence-electron chi connectivity index (χ1n) is 8.20. The van der Waals surface area contributed by atoms with E-state index in [9.17, 15) is 14.7 Å². The number of aryl methyl sites for hydroxylation is 1. The van der Waals surface area contributed by atoms with Crippen molar-refractivity contribution in [3.63, 3.8) is 0 Å². The Balaban J connectivity index is 1.99. The lowest BCUT2D eigenvalue weighted by Crippen LogP contribution is -2.34. The molecule has 1 heterocycles. The van der Waals surface area contributed by atoms with Gasteiger partial charge in [-0.3, -0.25) is 14.3 Å². The number of benzene rings is 1. The Labute approximate surface area is 146 Å². The number of hydrogen-bond donors (Lipinski definition) is 2. The minimum Gasteiger partial charge on any atom is -0.496 e. The van der Waals surface area contributed by atoms with Gasteiger partial charge in [0, 0.05) is 19.3 Å². The van der Waals surface area contributed by atoms with E-state index in [-0.39, 0.29) is 18.9 Å². The van der Waals surface area contributed by atoms with Crippen LogP contribution in [-0.2, 0) is 17.8 Å². The largest absolute Gasteiger partial charge is 0.496 e. The molecule has 0 fully saturated rings. The van der Waals surface area contributed by atoms with E-state index in [0.29, 0.717) is 11.3 Å². The van der Waals surface area contributed by atoms with E-state index in [1.165, 1.54) is 6.20 Å². The molecule has 1 aromatic heterocycles. The molecule has 2 N–H and O–H groups in total. The van der Waals surface area contributed by atoms with Gasteiger partial charge in [0.25, 0.3) is 5.91 Å². The first-order valence-corrected chi connectivity index (χ1v) is 8.20. The molecule has 2 aromatic rings. The summed E-state index contributed by atoms with van der Waals surface area (Å²) in [5, 5.41) is 16.2. The second kappa shape index (κ2) is 8.86. The predicted molar refractivity (Wildman–Crippen MR) is 92.7 cm³/mol. The number of rotatable bonds is 9. The second-order valence-electron chi connectivity index (χ2n) is 5.75. The highest BCUT2D eigenvalue weighted by atomic mass is 16.5. The number of carbonyl (C=O) groups is 2. The van der Waals surface area contributed by atoms with E-state index in [2.05, 4.69) is 10.4 Å². The summed E-state index contributed by atoms with van der Waals surface area (Å²) in [5.74, 6) is -1.40. The van der Waals surface area contributed by atoms with E-state index >= 15 is 0 Å². The van der Waals surface area contributed by atoms with Gasteiger partial charge in [-0.25, -0.2) is 0 Å². The van der Waals surface area contributed by atoms with Crippen LogP contribution >= 0.6 is 0 Å². The fourth-order valence-corrected chi connectivity index (χ4v) is 2.53. The maximum Gasteiger partial charge on any atom is 0.308 e. The second-order valence-corrected chi connectivity index (χ2v) is 5.75. The molecule has 0 aliphatic rings. The van der Waals surface area contributed by atoms with Crippen LogP contribution in [0.4, 0.5) is 0 Å². The van der Waals surface area contributed by atoms with Gasteiger partial charge in [0.15, 0.2) is 0 Å². The Hall–Kier alpha value is -2.83.